The number of amides is 2. The lowest BCUT2D eigenvalue weighted by Crippen LogP contribution is -2.53. The van der Waals surface area contributed by atoms with Crippen LogP contribution in [0.4, 0.5) is 18.0 Å². The van der Waals surface area contributed by atoms with Crippen molar-refractivity contribution in [2.75, 3.05) is 26.2 Å². The second kappa shape index (κ2) is 9.47. The molecule has 3 aromatic rings. The monoisotopic (exact) mass is 493 g/mol. The van der Waals surface area contributed by atoms with Crippen LogP contribution < -0.4 is 5.32 Å². The van der Waals surface area contributed by atoms with E-state index in [9.17, 15) is 26.4 Å². The van der Waals surface area contributed by atoms with Gasteiger partial charge in [-0.2, -0.15) is 22.6 Å². The Bertz CT molecular complexity index is 1250. The maximum absolute atomic E-state index is 13.3. The van der Waals surface area contributed by atoms with Crippen LogP contribution in [0.25, 0.3) is 5.69 Å². The Balaban J connectivity index is 1.34. The Morgan fingerprint density at radius 3 is 2.29 bits per heavy atom. The van der Waals surface area contributed by atoms with E-state index in [0.717, 1.165) is 33.8 Å². The highest BCUT2D eigenvalue weighted by atomic mass is 32.2. The first kappa shape index (κ1) is 23.8. The van der Waals surface area contributed by atoms with E-state index in [-0.39, 0.29) is 38.8 Å². The Morgan fingerprint density at radius 1 is 0.971 bits per heavy atom. The zero-order chi connectivity index (χ0) is 24.3. The van der Waals surface area contributed by atoms with Gasteiger partial charge in [-0.05, 0) is 24.3 Å². The lowest BCUT2D eigenvalue weighted by Gasteiger charge is -2.34. The Hall–Kier alpha value is -3.38. The van der Waals surface area contributed by atoms with Gasteiger partial charge in [-0.1, -0.05) is 30.3 Å². The molecular weight excluding hydrogens is 471 g/mol. The number of alkyl halides is 3. The van der Waals surface area contributed by atoms with Gasteiger partial charge in [0.25, 0.3) is 0 Å². The average Bonchev–Trinajstić information content (AvgIpc) is 3.32. The van der Waals surface area contributed by atoms with Gasteiger partial charge in [-0.25, -0.2) is 17.9 Å². The maximum Gasteiger partial charge on any atom is 0.417 e. The molecule has 1 saturated heterocycles. The summed E-state index contributed by atoms with van der Waals surface area (Å²) in [6, 6.07) is 13.2. The molecule has 2 heterocycles. The fraction of sp³-hybridized carbons (Fsp3) is 0.273. The number of hydrogen-bond donors (Lipinski definition) is 1. The molecule has 0 bridgehead atoms. The largest absolute Gasteiger partial charge is 0.417 e. The molecule has 1 N–H and O–H groups in total. The van der Waals surface area contributed by atoms with Crippen LogP contribution in [0, 0.1) is 0 Å². The molecule has 0 atom stereocenters. The number of carbonyl (C=O) groups excluding carboxylic acids is 1. The molecule has 2 amide bonds. The number of carbonyl (C=O) groups is 1. The summed E-state index contributed by atoms with van der Waals surface area (Å²) in [6.45, 7) is 0.135. The van der Waals surface area contributed by atoms with Crippen molar-refractivity contribution in [3.8, 4) is 5.69 Å². The van der Waals surface area contributed by atoms with Gasteiger partial charge < -0.3 is 10.2 Å². The summed E-state index contributed by atoms with van der Waals surface area (Å²) in [7, 11) is -4.36. The van der Waals surface area contributed by atoms with E-state index in [4.69, 9.17) is 0 Å². The van der Waals surface area contributed by atoms with E-state index in [1.165, 1.54) is 11.0 Å². The van der Waals surface area contributed by atoms with Crippen molar-refractivity contribution < 1.29 is 26.4 Å². The van der Waals surface area contributed by atoms with Crippen LogP contribution in [-0.2, 0) is 22.7 Å². The fourth-order valence-corrected chi connectivity index (χ4v) is 5.29. The molecular formula is C22H22F3N5O3S. The minimum Gasteiger partial charge on any atom is -0.334 e. The number of hydrogen-bond acceptors (Lipinski definition) is 4. The molecule has 180 valence electrons. The average molecular weight is 494 g/mol. The first-order valence-corrected chi connectivity index (χ1v) is 11.9. The summed E-state index contributed by atoms with van der Waals surface area (Å²) in [5.41, 5.74) is 0.456. The Labute approximate surface area is 194 Å². The molecule has 1 aliphatic rings. The number of nitrogens with zero attached hydrogens (tertiary/aromatic N) is 4. The van der Waals surface area contributed by atoms with Crippen molar-refractivity contribution in [1.29, 1.82) is 0 Å². The molecule has 1 fully saturated rings. The molecule has 0 unspecified atom stereocenters. The number of rotatable bonds is 5. The third-order valence-corrected chi connectivity index (χ3v) is 7.39. The van der Waals surface area contributed by atoms with Crippen LogP contribution in [0.15, 0.2) is 71.9 Å². The van der Waals surface area contributed by atoms with Crippen LogP contribution >= 0.6 is 0 Å². The summed E-state index contributed by atoms with van der Waals surface area (Å²) in [4.78, 5) is 13.2. The van der Waals surface area contributed by atoms with E-state index >= 15 is 0 Å². The van der Waals surface area contributed by atoms with E-state index in [1.54, 1.807) is 17.1 Å². The lowest BCUT2D eigenvalue weighted by atomic mass is 10.2. The van der Waals surface area contributed by atoms with Crippen molar-refractivity contribution in [3.63, 3.8) is 0 Å². The quantitative estimate of drug-likeness (QED) is 0.592. The third-order valence-electron chi connectivity index (χ3n) is 5.44. The minimum absolute atomic E-state index is 0.0581. The van der Waals surface area contributed by atoms with Gasteiger partial charge in [-0.3, -0.25) is 0 Å². The van der Waals surface area contributed by atoms with Crippen molar-refractivity contribution in [3.05, 3.63) is 78.1 Å². The first-order valence-electron chi connectivity index (χ1n) is 10.4. The lowest BCUT2D eigenvalue weighted by molar-refractivity contribution is -0.139. The van der Waals surface area contributed by atoms with E-state index in [2.05, 4.69) is 10.4 Å². The molecule has 0 spiro atoms. The van der Waals surface area contributed by atoms with Gasteiger partial charge in [0.2, 0.25) is 10.0 Å². The number of halogens is 3. The zero-order valence-electron chi connectivity index (χ0n) is 17.9. The number of urea groups is 1. The van der Waals surface area contributed by atoms with E-state index < -0.39 is 26.7 Å². The molecule has 0 radical (unpaired) electrons. The molecule has 1 aromatic heterocycles. The van der Waals surface area contributed by atoms with Gasteiger partial charge in [0.05, 0.1) is 22.3 Å². The summed E-state index contributed by atoms with van der Waals surface area (Å²) >= 11 is 0. The van der Waals surface area contributed by atoms with Gasteiger partial charge in [-0.15, -0.1) is 0 Å². The SMILES string of the molecule is O=C(NCc1cnn(-c2ccccc2)c1)N1CCN(S(=O)(=O)c2ccccc2C(F)(F)F)CC1. The van der Waals surface area contributed by atoms with Crippen molar-refractivity contribution in [1.82, 2.24) is 24.3 Å². The standard InChI is InChI=1S/C22H22F3N5O3S/c23-22(24,25)19-8-4-5-9-20(19)34(32,33)29-12-10-28(11-13-29)21(31)26-14-17-15-27-30(16-17)18-6-2-1-3-7-18/h1-9,15-16H,10-14H2,(H,26,31). The highest BCUT2D eigenvalue weighted by molar-refractivity contribution is 7.89. The van der Waals surface area contributed by atoms with E-state index in [0.29, 0.717) is 0 Å². The van der Waals surface area contributed by atoms with Gasteiger partial charge in [0.1, 0.15) is 0 Å². The fourth-order valence-electron chi connectivity index (χ4n) is 3.66. The van der Waals surface area contributed by atoms with Crippen LogP contribution in [0.3, 0.4) is 0 Å². The van der Waals surface area contributed by atoms with Crippen molar-refractivity contribution >= 4 is 16.1 Å². The molecule has 0 aliphatic carbocycles. The number of aromatic nitrogens is 2. The zero-order valence-corrected chi connectivity index (χ0v) is 18.8. The summed E-state index contributed by atoms with van der Waals surface area (Å²) in [5, 5.41) is 7.03. The van der Waals surface area contributed by atoms with E-state index in [1.807, 2.05) is 30.3 Å². The Morgan fingerprint density at radius 2 is 1.62 bits per heavy atom. The maximum atomic E-state index is 13.3. The van der Waals surface area contributed by atoms with Gasteiger partial charge in [0, 0.05) is 44.5 Å². The molecule has 4 rings (SSSR count). The Kier molecular flexibility index (Phi) is 6.62. The molecule has 0 saturated carbocycles. The molecule has 8 nitrogen and oxygen atoms in total. The summed E-state index contributed by atoms with van der Waals surface area (Å²) < 4.78 is 68.2. The summed E-state index contributed by atoms with van der Waals surface area (Å²) in [5.74, 6) is 0. The smallest absolute Gasteiger partial charge is 0.334 e. The predicted molar refractivity (Wildman–Crippen MR) is 118 cm³/mol. The predicted octanol–water partition coefficient (Wildman–Crippen LogP) is 3.11. The third kappa shape index (κ3) is 5.07. The second-order valence-electron chi connectivity index (χ2n) is 7.67. The van der Waals surface area contributed by atoms with Gasteiger partial charge >= 0.3 is 12.2 Å². The number of nitrogens with one attached hydrogen (secondary N) is 1. The molecule has 2 aromatic carbocycles. The number of benzene rings is 2. The summed E-state index contributed by atoms with van der Waals surface area (Å²) in [6.07, 6.45) is -1.37. The number of para-hydroxylation sites is 1. The minimum atomic E-state index is -4.79. The van der Waals surface area contributed by atoms with Gasteiger partial charge in [0.15, 0.2) is 0 Å². The number of piperazine rings is 1. The highest BCUT2D eigenvalue weighted by Gasteiger charge is 2.39. The number of sulfonamides is 1. The van der Waals surface area contributed by atoms with Crippen LogP contribution in [0.1, 0.15) is 11.1 Å². The van der Waals surface area contributed by atoms with Crippen molar-refractivity contribution in [2.45, 2.75) is 17.6 Å². The first-order chi connectivity index (χ1) is 16.2. The topological polar surface area (TPSA) is 87.5 Å². The second-order valence-corrected chi connectivity index (χ2v) is 9.58. The normalized spacial score (nSPS) is 15.3. The molecule has 1 aliphatic heterocycles. The molecule has 34 heavy (non-hydrogen) atoms. The highest BCUT2D eigenvalue weighted by Crippen LogP contribution is 2.35. The van der Waals surface area contributed by atoms with Crippen molar-refractivity contribution in [2.24, 2.45) is 0 Å². The van der Waals surface area contributed by atoms with Crippen LogP contribution in [-0.4, -0.2) is 59.6 Å². The van der Waals surface area contributed by atoms with Crippen LogP contribution in [0.2, 0.25) is 0 Å². The van der Waals surface area contributed by atoms with Crippen LogP contribution in [0.5, 0.6) is 0 Å². The molecule has 12 heteroatoms.